The average Bonchev–Trinajstić information content (AvgIpc) is 2.92. The highest BCUT2D eigenvalue weighted by molar-refractivity contribution is 7.99. The zero-order valence-electron chi connectivity index (χ0n) is 14.2. The number of fused-ring (bicyclic) bond motifs is 1. The van der Waals surface area contributed by atoms with Crippen molar-refractivity contribution in [3.8, 4) is 0 Å². The molecule has 1 aromatic heterocycles. The number of aromatic nitrogens is 1. The van der Waals surface area contributed by atoms with Gasteiger partial charge in [-0.05, 0) is 31.4 Å². The van der Waals surface area contributed by atoms with Crippen LogP contribution in [0.5, 0.6) is 0 Å². The van der Waals surface area contributed by atoms with Crippen LogP contribution in [0.25, 0.3) is 0 Å². The fraction of sp³-hybridized carbons (Fsp3) is 0.389. The molecule has 1 aromatic carbocycles. The second-order valence-electron chi connectivity index (χ2n) is 6.07. The van der Waals surface area contributed by atoms with Crippen molar-refractivity contribution in [2.45, 2.75) is 32.1 Å². The van der Waals surface area contributed by atoms with Gasteiger partial charge in [0, 0.05) is 17.9 Å². The van der Waals surface area contributed by atoms with Crippen LogP contribution in [0.3, 0.4) is 0 Å². The van der Waals surface area contributed by atoms with Crippen LogP contribution < -0.4 is 0 Å². The predicted octanol–water partition coefficient (Wildman–Crippen LogP) is 2.74. The average molecular weight is 360 g/mol. The van der Waals surface area contributed by atoms with Crippen molar-refractivity contribution in [1.82, 2.24) is 10.1 Å². The molecule has 0 fully saturated rings. The fourth-order valence-electron chi connectivity index (χ4n) is 3.13. The number of carboxylic acid groups (broad SMARTS) is 1. The molecule has 0 saturated carbocycles. The van der Waals surface area contributed by atoms with Crippen LogP contribution in [-0.4, -0.2) is 39.3 Å². The van der Waals surface area contributed by atoms with Gasteiger partial charge >= 0.3 is 5.97 Å². The number of carboxylic acids is 1. The molecule has 25 heavy (non-hydrogen) atoms. The number of aliphatic carboxylic acids is 1. The molecule has 0 spiro atoms. The number of carbonyl (C=O) groups excluding carboxylic acids is 1. The van der Waals surface area contributed by atoms with Crippen LogP contribution in [0, 0.1) is 13.8 Å². The van der Waals surface area contributed by atoms with Crippen molar-refractivity contribution in [3.05, 3.63) is 52.4 Å². The minimum atomic E-state index is -0.990. The van der Waals surface area contributed by atoms with Gasteiger partial charge in [-0.1, -0.05) is 29.4 Å². The molecule has 0 aliphatic carbocycles. The molecular weight excluding hydrogens is 340 g/mol. The third-order valence-corrected chi connectivity index (χ3v) is 5.43. The van der Waals surface area contributed by atoms with Gasteiger partial charge in [-0.2, -0.15) is 0 Å². The molecule has 0 radical (unpaired) electrons. The molecule has 6 nitrogen and oxygen atoms in total. The number of carbonyl (C=O) groups is 2. The van der Waals surface area contributed by atoms with E-state index in [0.717, 1.165) is 22.6 Å². The SMILES string of the molecule is Cc1noc(C)c1CSCC(=O)N1CCc2ccccc2C1C(=O)O. The quantitative estimate of drug-likeness (QED) is 0.883. The molecule has 1 aliphatic rings. The molecule has 3 rings (SSSR count). The third-order valence-electron chi connectivity index (χ3n) is 4.49. The van der Waals surface area contributed by atoms with E-state index in [0.29, 0.717) is 24.3 Å². The standard InChI is InChI=1S/C18H20N2O4S/c1-11-15(12(2)24-19-11)9-25-10-16(21)20-8-7-13-5-3-4-6-14(13)17(20)18(22)23/h3-6,17H,7-10H2,1-2H3,(H,22,23). The number of thioether (sulfide) groups is 1. The predicted molar refractivity (Wildman–Crippen MR) is 94.4 cm³/mol. The highest BCUT2D eigenvalue weighted by Crippen LogP contribution is 2.31. The molecular formula is C18H20N2O4S. The van der Waals surface area contributed by atoms with Gasteiger partial charge in [-0.15, -0.1) is 11.8 Å². The zero-order chi connectivity index (χ0) is 18.0. The van der Waals surface area contributed by atoms with E-state index in [2.05, 4.69) is 5.16 Å². The zero-order valence-corrected chi connectivity index (χ0v) is 15.0. The summed E-state index contributed by atoms with van der Waals surface area (Å²) in [6, 6.07) is 6.53. The van der Waals surface area contributed by atoms with Gasteiger partial charge in [-0.25, -0.2) is 4.79 Å². The van der Waals surface area contributed by atoms with Crippen molar-refractivity contribution in [2.75, 3.05) is 12.3 Å². The van der Waals surface area contributed by atoms with E-state index >= 15 is 0 Å². The maximum Gasteiger partial charge on any atom is 0.331 e. The molecule has 0 saturated heterocycles. The van der Waals surface area contributed by atoms with Crippen LogP contribution in [-0.2, 0) is 21.8 Å². The maximum absolute atomic E-state index is 12.6. The molecule has 1 atom stereocenters. The van der Waals surface area contributed by atoms with Crippen LogP contribution >= 0.6 is 11.8 Å². The van der Waals surface area contributed by atoms with E-state index in [9.17, 15) is 14.7 Å². The number of amides is 1. The summed E-state index contributed by atoms with van der Waals surface area (Å²) in [5.41, 5.74) is 3.54. The Bertz CT molecular complexity index is 783. The summed E-state index contributed by atoms with van der Waals surface area (Å²) in [7, 11) is 0. The van der Waals surface area contributed by atoms with Crippen molar-refractivity contribution in [3.63, 3.8) is 0 Å². The van der Waals surface area contributed by atoms with E-state index in [-0.39, 0.29) is 11.7 Å². The molecule has 132 valence electrons. The highest BCUT2D eigenvalue weighted by Gasteiger charge is 2.35. The van der Waals surface area contributed by atoms with Crippen molar-refractivity contribution in [2.24, 2.45) is 0 Å². The Morgan fingerprint density at radius 3 is 2.80 bits per heavy atom. The van der Waals surface area contributed by atoms with E-state index in [1.807, 2.05) is 32.0 Å². The first-order chi connectivity index (χ1) is 12.0. The van der Waals surface area contributed by atoms with Crippen LogP contribution in [0.2, 0.25) is 0 Å². The van der Waals surface area contributed by atoms with Crippen molar-refractivity contribution < 1.29 is 19.2 Å². The first kappa shape index (κ1) is 17.5. The summed E-state index contributed by atoms with van der Waals surface area (Å²) in [4.78, 5) is 25.9. The largest absolute Gasteiger partial charge is 0.479 e. The lowest BCUT2D eigenvalue weighted by molar-refractivity contribution is -0.150. The number of nitrogens with zero attached hydrogens (tertiary/aromatic N) is 2. The van der Waals surface area contributed by atoms with E-state index in [1.54, 1.807) is 6.07 Å². The Labute approximate surface area is 150 Å². The number of aryl methyl sites for hydroxylation is 2. The second-order valence-corrected chi connectivity index (χ2v) is 7.06. The maximum atomic E-state index is 12.6. The van der Waals surface area contributed by atoms with Gasteiger partial charge < -0.3 is 14.5 Å². The van der Waals surface area contributed by atoms with Crippen LogP contribution in [0.15, 0.2) is 28.8 Å². The van der Waals surface area contributed by atoms with Crippen LogP contribution in [0.1, 0.15) is 34.2 Å². The van der Waals surface area contributed by atoms with E-state index in [4.69, 9.17) is 4.52 Å². The van der Waals surface area contributed by atoms with E-state index < -0.39 is 12.0 Å². The molecule has 1 aliphatic heterocycles. The Kier molecular flexibility index (Phi) is 5.13. The molecule has 1 amide bonds. The minimum absolute atomic E-state index is 0.154. The lowest BCUT2D eigenvalue weighted by atomic mass is 9.92. The first-order valence-electron chi connectivity index (χ1n) is 8.08. The molecule has 7 heteroatoms. The molecule has 0 bridgehead atoms. The van der Waals surface area contributed by atoms with Gasteiger partial charge in [0.2, 0.25) is 5.91 Å². The Morgan fingerprint density at radius 1 is 1.36 bits per heavy atom. The van der Waals surface area contributed by atoms with Gasteiger partial charge in [0.25, 0.3) is 0 Å². The first-order valence-corrected chi connectivity index (χ1v) is 9.24. The van der Waals surface area contributed by atoms with Gasteiger partial charge in [-0.3, -0.25) is 4.79 Å². The minimum Gasteiger partial charge on any atom is -0.479 e. The normalized spacial score (nSPS) is 16.6. The molecule has 1 unspecified atom stereocenters. The number of hydrogen-bond donors (Lipinski definition) is 1. The molecule has 2 aromatic rings. The number of hydrogen-bond acceptors (Lipinski definition) is 5. The summed E-state index contributed by atoms with van der Waals surface area (Å²) in [6.45, 7) is 4.15. The Hall–Kier alpha value is -2.28. The highest BCUT2D eigenvalue weighted by atomic mass is 32.2. The molecule has 2 heterocycles. The van der Waals surface area contributed by atoms with Gasteiger partial charge in [0.05, 0.1) is 11.4 Å². The third kappa shape index (κ3) is 3.56. The molecule has 1 N–H and O–H groups in total. The van der Waals surface area contributed by atoms with Gasteiger partial charge in [0.15, 0.2) is 6.04 Å². The Balaban J connectivity index is 1.68. The van der Waals surface area contributed by atoms with Crippen molar-refractivity contribution in [1.29, 1.82) is 0 Å². The smallest absolute Gasteiger partial charge is 0.331 e. The number of benzene rings is 1. The summed E-state index contributed by atoms with van der Waals surface area (Å²) >= 11 is 1.45. The summed E-state index contributed by atoms with van der Waals surface area (Å²) in [6.07, 6.45) is 0.681. The monoisotopic (exact) mass is 360 g/mol. The summed E-state index contributed by atoms with van der Waals surface area (Å²) < 4.78 is 5.12. The van der Waals surface area contributed by atoms with Crippen molar-refractivity contribution >= 4 is 23.6 Å². The second kappa shape index (κ2) is 7.31. The van der Waals surface area contributed by atoms with Crippen LogP contribution in [0.4, 0.5) is 0 Å². The van der Waals surface area contributed by atoms with Gasteiger partial charge in [0.1, 0.15) is 5.76 Å². The Morgan fingerprint density at radius 2 is 2.12 bits per heavy atom. The summed E-state index contributed by atoms with van der Waals surface area (Å²) in [5, 5.41) is 13.5. The summed E-state index contributed by atoms with van der Waals surface area (Å²) in [5.74, 6) is 0.466. The van der Waals surface area contributed by atoms with E-state index in [1.165, 1.54) is 16.7 Å². The topological polar surface area (TPSA) is 83.6 Å². The number of rotatable bonds is 5. The lowest BCUT2D eigenvalue weighted by Gasteiger charge is -2.34. The fourth-order valence-corrected chi connectivity index (χ4v) is 4.19. The lowest BCUT2D eigenvalue weighted by Crippen LogP contribution is -2.44.